The number of hydrogen-bond donors (Lipinski definition) is 0. The first-order chi connectivity index (χ1) is 10.6. The largest absolute Gasteiger partial charge is 0.332 e. The number of hydrogen-bond acceptors (Lipinski definition) is 5. The molecule has 1 saturated heterocycles. The monoisotopic (exact) mass is 305 g/mol. The van der Waals surface area contributed by atoms with Gasteiger partial charge in [-0.1, -0.05) is 20.8 Å². The van der Waals surface area contributed by atoms with E-state index < -0.39 is 0 Å². The number of rotatable bonds is 6. The maximum Gasteiger partial charge on any atom is 0.225 e. The first-order valence-electron chi connectivity index (χ1n) is 8.55. The number of nitrogens with zero attached hydrogens (tertiary/aromatic N) is 5. The van der Waals surface area contributed by atoms with Crippen LogP contribution in [0.1, 0.15) is 39.2 Å². The van der Waals surface area contributed by atoms with Crippen LogP contribution in [0.5, 0.6) is 0 Å². The number of anilines is 1. The minimum absolute atomic E-state index is 0.507. The van der Waals surface area contributed by atoms with E-state index in [1.807, 2.05) is 12.4 Å². The summed E-state index contributed by atoms with van der Waals surface area (Å²) in [6.07, 6.45) is 6.24. The Kier molecular flexibility index (Phi) is 6.15. The van der Waals surface area contributed by atoms with E-state index in [4.69, 9.17) is 0 Å². The Morgan fingerprint density at radius 3 is 2.09 bits per heavy atom. The molecule has 0 saturated carbocycles. The maximum atomic E-state index is 4.68. The average molecular weight is 305 g/mol. The molecular weight excluding hydrogens is 274 g/mol. The first-order valence-corrected chi connectivity index (χ1v) is 8.55. The van der Waals surface area contributed by atoms with Crippen molar-refractivity contribution in [2.24, 2.45) is 0 Å². The van der Waals surface area contributed by atoms with Gasteiger partial charge in [0.2, 0.25) is 5.95 Å². The predicted octanol–water partition coefficient (Wildman–Crippen LogP) is 2.24. The minimum Gasteiger partial charge on any atom is -0.332 e. The standard InChI is InChI=1S/C17H31N5/c1-6-15-12-21(5)13-16(7-2)22(15)17-18-9-14(10-19-17)11-20(4)8-3/h9-10,15-16H,6-8,11-13H2,1-5H3. The maximum absolute atomic E-state index is 4.68. The molecule has 1 aliphatic heterocycles. The molecule has 1 aliphatic rings. The van der Waals surface area contributed by atoms with E-state index in [0.29, 0.717) is 12.1 Å². The molecule has 2 unspecified atom stereocenters. The Hall–Kier alpha value is -1.20. The molecule has 0 spiro atoms. The zero-order chi connectivity index (χ0) is 16.1. The van der Waals surface area contributed by atoms with Crippen molar-refractivity contribution in [2.75, 3.05) is 38.6 Å². The molecule has 0 bridgehead atoms. The van der Waals surface area contributed by atoms with E-state index in [1.165, 1.54) is 5.56 Å². The van der Waals surface area contributed by atoms with Gasteiger partial charge in [-0.3, -0.25) is 0 Å². The van der Waals surface area contributed by atoms with Gasteiger partial charge in [-0.2, -0.15) is 0 Å². The molecule has 0 aromatic carbocycles. The van der Waals surface area contributed by atoms with Crippen LogP contribution in [-0.4, -0.2) is 65.6 Å². The normalized spacial score (nSPS) is 23.3. The average Bonchev–Trinajstić information content (AvgIpc) is 2.54. The second-order valence-electron chi connectivity index (χ2n) is 6.47. The summed E-state index contributed by atoms with van der Waals surface area (Å²) in [5.41, 5.74) is 1.18. The van der Waals surface area contributed by atoms with Crippen molar-refractivity contribution in [2.45, 2.75) is 52.2 Å². The molecule has 5 nitrogen and oxygen atoms in total. The summed E-state index contributed by atoms with van der Waals surface area (Å²) in [7, 11) is 4.34. The zero-order valence-electron chi connectivity index (χ0n) is 14.8. The topological polar surface area (TPSA) is 35.5 Å². The second kappa shape index (κ2) is 7.88. The van der Waals surface area contributed by atoms with Crippen LogP contribution in [0.4, 0.5) is 5.95 Å². The third kappa shape index (κ3) is 3.96. The van der Waals surface area contributed by atoms with E-state index in [9.17, 15) is 0 Å². The van der Waals surface area contributed by atoms with Gasteiger partial charge < -0.3 is 14.7 Å². The van der Waals surface area contributed by atoms with Crippen LogP contribution in [0, 0.1) is 0 Å². The van der Waals surface area contributed by atoms with Crippen molar-refractivity contribution < 1.29 is 0 Å². The van der Waals surface area contributed by atoms with E-state index in [2.05, 4.69) is 59.5 Å². The highest BCUT2D eigenvalue weighted by molar-refractivity contribution is 5.35. The van der Waals surface area contributed by atoms with Crippen molar-refractivity contribution in [3.63, 3.8) is 0 Å². The minimum atomic E-state index is 0.507. The van der Waals surface area contributed by atoms with E-state index in [1.54, 1.807) is 0 Å². The molecule has 1 aromatic heterocycles. The van der Waals surface area contributed by atoms with Crippen molar-refractivity contribution in [1.82, 2.24) is 19.8 Å². The number of likely N-dealkylation sites (N-methyl/N-ethyl adjacent to an activating group) is 1. The van der Waals surface area contributed by atoms with Crippen molar-refractivity contribution in [1.29, 1.82) is 0 Å². The summed E-state index contributed by atoms with van der Waals surface area (Å²) in [5, 5.41) is 0. The Morgan fingerprint density at radius 1 is 1.09 bits per heavy atom. The molecule has 5 heteroatoms. The highest BCUT2D eigenvalue weighted by atomic mass is 15.4. The van der Waals surface area contributed by atoms with Crippen molar-refractivity contribution >= 4 is 5.95 Å². The Morgan fingerprint density at radius 2 is 1.64 bits per heavy atom. The smallest absolute Gasteiger partial charge is 0.225 e. The van der Waals surface area contributed by atoms with Gasteiger partial charge in [0.05, 0.1) is 0 Å². The molecule has 1 fully saturated rings. The molecule has 2 atom stereocenters. The number of piperazine rings is 1. The lowest BCUT2D eigenvalue weighted by molar-refractivity contribution is 0.217. The van der Waals surface area contributed by atoms with Gasteiger partial charge in [-0.25, -0.2) is 9.97 Å². The molecule has 0 amide bonds. The highest BCUT2D eigenvalue weighted by Gasteiger charge is 2.32. The van der Waals surface area contributed by atoms with E-state index in [-0.39, 0.29) is 0 Å². The van der Waals surface area contributed by atoms with Gasteiger partial charge in [0.25, 0.3) is 0 Å². The Balaban J connectivity index is 2.16. The van der Waals surface area contributed by atoms with Crippen LogP contribution in [-0.2, 0) is 6.54 Å². The van der Waals surface area contributed by atoms with Crippen LogP contribution < -0.4 is 4.90 Å². The van der Waals surface area contributed by atoms with E-state index in [0.717, 1.165) is 45.0 Å². The van der Waals surface area contributed by atoms with Crippen LogP contribution in [0.3, 0.4) is 0 Å². The molecule has 2 heterocycles. The van der Waals surface area contributed by atoms with Crippen molar-refractivity contribution in [3.8, 4) is 0 Å². The summed E-state index contributed by atoms with van der Waals surface area (Å²) >= 11 is 0. The zero-order valence-corrected chi connectivity index (χ0v) is 14.8. The van der Waals surface area contributed by atoms with Gasteiger partial charge in [0.1, 0.15) is 0 Å². The van der Waals surface area contributed by atoms with Crippen LogP contribution in [0.2, 0.25) is 0 Å². The molecule has 22 heavy (non-hydrogen) atoms. The lowest BCUT2D eigenvalue weighted by Gasteiger charge is -2.45. The first kappa shape index (κ1) is 17.2. The predicted molar refractivity (Wildman–Crippen MR) is 92.2 cm³/mol. The summed E-state index contributed by atoms with van der Waals surface area (Å²) < 4.78 is 0. The SMILES string of the molecule is CCC1CN(C)CC(CC)N1c1ncc(CN(C)CC)cn1. The molecule has 0 N–H and O–H groups in total. The van der Waals surface area contributed by atoms with Gasteiger partial charge in [-0.05, 0) is 33.5 Å². The molecule has 0 radical (unpaired) electrons. The lowest BCUT2D eigenvalue weighted by Crippen LogP contribution is -2.58. The van der Waals surface area contributed by atoms with Gasteiger partial charge >= 0.3 is 0 Å². The third-order valence-electron chi connectivity index (χ3n) is 4.69. The van der Waals surface area contributed by atoms with Crippen LogP contribution in [0.15, 0.2) is 12.4 Å². The molecule has 0 aliphatic carbocycles. The number of aromatic nitrogens is 2. The fraction of sp³-hybridized carbons (Fsp3) is 0.765. The lowest BCUT2D eigenvalue weighted by atomic mass is 10.0. The summed E-state index contributed by atoms with van der Waals surface area (Å²) in [6.45, 7) is 10.8. The summed E-state index contributed by atoms with van der Waals surface area (Å²) in [6, 6.07) is 1.01. The Bertz CT molecular complexity index is 433. The molecular formula is C17H31N5. The molecule has 124 valence electrons. The fourth-order valence-corrected chi connectivity index (χ4v) is 3.23. The Labute approximate surface area is 135 Å². The van der Waals surface area contributed by atoms with Crippen LogP contribution >= 0.6 is 0 Å². The second-order valence-corrected chi connectivity index (χ2v) is 6.47. The van der Waals surface area contributed by atoms with Gasteiger partial charge in [0.15, 0.2) is 0 Å². The summed E-state index contributed by atoms with van der Waals surface area (Å²) in [4.78, 5) is 16.5. The van der Waals surface area contributed by atoms with Gasteiger partial charge in [-0.15, -0.1) is 0 Å². The fourth-order valence-electron chi connectivity index (χ4n) is 3.23. The highest BCUT2D eigenvalue weighted by Crippen LogP contribution is 2.24. The van der Waals surface area contributed by atoms with E-state index >= 15 is 0 Å². The molecule has 1 aromatic rings. The van der Waals surface area contributed by atoms with Gasteiger partial charge in [0, 0.05) is 49.7 Å². The quantitative estimate of drug-likeness (QED) is 0.805. The van der Waals surface area contributed by atoms with Crippen molar-refractivity contribution in [3.05, 3.63) is 18.0 Å². The third-order valence-corrected chi connectivity index (χ3v) is 4.69. The molecule has 2 rings (SSSR count). The van der Waals surface area contributed by atoms with Crippen LogP contribution in [0.25, 0.3) is 0 Å². The summed E-state index contributed by atoms with van der Waals surface area (Å²) in [5.74, 6) is 0.898.